The molecule has 104 valence electrons. The highest BCUT2D eigenvalue weighted by molar-refractivity contribution is 5.78. The first kappa shape index (κ1) is 13.8. The van der Waals surface area contributed by atoms with Crippen molar-refractivity contribution in [3.05, 3.63) is 0 Å². The van der Waals surface area contributed by atoms with E-state index < -0.39 is 0 Å². The van der Waals surface area contributed by atoms with Crippen molar-refractivity contribution in [2.75, 3.05) is 26.2 Å². The smallest absolute Gasteiger partial charge is 0.224 e. The highest BCUT2D eigenvalue weighted by Crippen LogP contribution is 2.29. The van der Waals surface area contributed by atoms with E-state index in [0.717, 1.165) is 45.1 Å². The lowest BCUT2D eigenvalue weighted by molar-refractivity contribution is -0.125. The summed E-state index contributed by atoms with van der Waals surface area (Å²) in [4.78, 5) is 14.6. The molecule has 1 aliphatic carbocycles. The number of carbonyl (C=O) groups is 1. The van der Waals surface area contributed by atoms with Crippen LogP contribution in [0.15, 0.2) is 0 Å². The van der Waals surface area contributed by atoms with Crippen molar-refractivity contribution >= 4 is 5.91 Å². The summed E-state index contributed by atoms with van der Waals surface area (Å²) < 4.78 is 0. The van der Waals surface area contributed by atoms with Gasteiger partial charge >= 0.3 is 0 Å². The first-order valence-corrected chi connectivity index (χ1v) is 7.45. The van der Waals surface area contributed by atoms with E-state index in [9.17, 15) is 4.79 Å². The topological polar surface area (TPSA) is 44.4 Å². The normalized spacial score (nSPS) is 23.9. The van der Waals surface area contributed by atoms with E-state index in [-0.39, 0.29) is 11.8 Å². The molecule has 0 aromatic carbocycles. The molecule has 2 N–H and O–H groups in total. The number of amides is 1. The highest BCUT2D eigenvalue weighted by atomic mass is 16.1. The Morgan fingerprint density at radius 1 is 1.28 bits per heavy atom. The van der Waals surface area contributed by atoms with E-state index in [0.29, 0.717) is 6.04 Å². The minimum absolute atomic E-state index is 0.0754. The van der Waals surface area contributed by atoms with Gasteiger partial charge < -0.3 is 15.5 Å². The average Bonchev–Trinajstić information content (AvgIpc) is 3.21. The fourth-order valence-corrected chi connectivity index (χ4v) is 2.65. The van der Waals surface area contributed by atoms with Gasteiger partial charge in [0.05, 0.1) is 0 Å². The second-order valence-electron chi connectivity index (χ2n) is 5.76. The van der Waals surface area contributed by atoms with Crippen molar-refractivity contribution in [1.82, 2.24) is 15.5 Å². The minimum atomic E-state index is 0.0754. The summed E-state index contributed by atoms with van der Waals surface area (Å²) in [7, 11) is 0. The maximum atomic E-state index is 12.0. The van der Waals surface area contributed by atoms with Crippen LogP contribution >= 0.6 is 0 Å². The molecule has 1 saturated heterocycles. The van der Waals surface area contributed by atoms with Crippen LogP contribution in [0.1, 0.15) is 39.5 Å². The van der Waals surface area contributed by atoms with Crippen molar-refractivity contribution in [3.8, 4) is 0 Å². The van der Waals surface area contributed by atoms with Crippen LogP contribution in [0.5, 0.6) is 0 Å². The Labute approximate surface area is 110 Å². The lowest BCUT2D eigenvalue weighted by Gasteiger charge is -2.32. The van der Waals surface area contributed by atoms with Crippen LogP contribution in [-0.2, 0) is 4.79 Å². The first-order valence-electron chi connectivity index (χ1n) is 7.45. The zero-order valence-electron chi connectivity index (χ0n) is 11.7. The van der Waals surface area contributed by atoms with Crippen LogP contribution in [0.2, 0.25) is 0 Å². The lowest BCUT2D eigenvalue weighted by Crippen LogP contribution is -2.47. The third-order valence-electron chi connectivity index (χ3n) is 4.09. The van der Waals surface area contributed by atoms with Gasteiger partial charge in [-0.2, -0.15) is 0 Å². The lowest BCUT2D eigenvalue weighted by atomic mass is 10.0. The van der Waals surface area contributed by atoms with Gasteiger partial charge in [-0.3, -0.25) is 4.79 Å². The molecule has 1 atom stereocenters. The second-order valence-corrected chi connectivity index (χ2v) is 5.76. The van der Waals surface area contributed by atoms with Crippen molar-refractivity contribution in [2.24, 2.45) is 5.92 Å². The molecule has 4 nitrogen and oxygen atoms in total. The molecule has 0 aromatic rings. The fraction of sp³-hybridized carbons (Fsp3) is 0.929. The predicted octanol–water partition coefficient (Wildman–Crippen LogP) is 0.975. The molecular weight excluding hydrogens is 226 g/mol. The van der Waals surface area contributed by atoms with Gasteiger partial charge in [-0.05, 0) is 32.2 Å². The standard InChI is InChI=1S/C14H27N3O/c1-3-15-10-11(2)14(18)16-12-6-8-17(9-7-12)13-4-5-13/h11-13,15H,3-10H2,1-2H3,(H,16,18). The summed E-state index contributed by atoms with van der Waals surface area (Å²) in [6.07, 6.45) is 5.01. The number of hydrogen-bond donors (Lipinski definition) is 2. The molecule has 0 aromatic heterocycles. The third kappa shape index (κ3) is 3.95. The number of carbonyl (C=O) groups excluding carboxylic acids is 1. The van der Waals surface area contributed by atoms with Gasteiger partial charge in [0.1, 0.15) is 0 Å². The zero-order valence-corrected chi connectivity index (χ0v) is 11.7. The van der Waals surface area contributed by atoms with Crippen LogP contribution in [0.4, 0.5) is 0 Å². The predicted molar refractivity (Wildman–Crippen MR) is 73.5 cm³/mol. The Kier molecular flexibility index (Phi) is 5.01. The summed E-state index contributed by atoms with van der Waals surface area (Å²) in [5.74, 6) is 0.284. The van der Waals surface area contributed by atoms with Gasteiger partial charge in [-0.1, -0.05) is 13.8 Å². The van der Waals surface area contributed by atoms with E-state index in [4.69, 9.17) is 0 Å². The molecule has 1 amide bonds. The number of nitrogens with one attached hydrogen (secondary N) is 2. The molecule has 0 radical (unpaired) electrons. The molecule has 2 rings (SSSR count). The van der Waals surface area contributed by atoms with Gasteiger partial charge in [-0.15, -0.1) is 0 Å². The molecule has 4 heteroatoms. The molecule has 1 unspecified atom stereocenters. The molecule has 1 saturated carbocycles. The third-order valence-corrected chi connectivity index (χ3v) is 4.09. The van der Waals surface area contributed by atoms with E-state index in [2.05, 4.69) is 22.5 Å². The molecule has 1 heterocycles. The van der Waals surface area contributed by atoms with Gasteiger partial charge in [0.15, 0.2) is 0 Å². The Balaban J connectivity index is 1.65. The van der Waals surface area contributed by atoms with Crippen LogP contribution in [0.3, 0.4) is 0 Å². The Morgan fingerprint density at radius 3 is 2.50 bits per heavy atom. The van der Waals surface area contributed by atoms with Crippen LogP contribution < -0.4 is 10.6 Å². The van der Waals surface area contributed by atoms with Crippen molar-refractivity contribution < 1.29 is 4.79 Å². The summed E-state index contributed by atoms with van der Waals surface area (Å²) in [6, 6.07) is 1.27. The number of hydrogen-bond acceptors (Lipinski definition) is 3. The van der Waals surface area contributed by atoms with Crippen LogP contribution in [-0.4, -0.2) is 49.1 Å². The van der Waals surface area contributed by atoms with Crippen molar-refractivity contribution in [1.29, 1.82) is 0 Å². The maximum Gasteiger partial charge on any atom is 0.224 e. The van der Waals surface area contributed by atoms with E-state index >= 15 is 0 Å². The molecule has 2 fully saturated rings. The van der Waals surface area contributed by atoms with E-state index in [1.807, 2.05) is 6.92 Å². The van der Waals surface area contributed by atoms with Gasteiger partial charge in [0, 0.05) is 37.6 Å². The number of rotatable bonds is 6. The summed E-state index contributed by atoms with van der Waals surface area (Å²) in [5, 5.41) is 6.43. The number of piperidine rings is 1. The van der Waals surface area contributed by atoms with Crippen LogP contribution in [0.25, 0.3) is 0 Å². The van der Waals surface area contributed by atoms with Gasteiger partial charge in [-0.25, -0.2) is 0 Å². The van der Waals surface area contributed by atoms with Crippen LogP contribution in [0, 0.1) is 5.92 Å². The number of nitrogens with zero attached hydrogens (tertiary/aromatic N) is 1. The molecular formula is C14H27N3O. The summed E-state index contributed by atoms with van der Waals surface area (Å²) in [5.41, 5.74) is 0. The molecule has 1 aliphatic heterocycles. The minimum Gasteiger partial charge on any atom is -0.353 e. The Bertz CT molecular complexity index is 270. The molecule has 0 spiro atoms. The largest absolute Gasteiger partial charge is 0.353 e. The molecule has 0 bridgehead atoms. The Morgan fingerprint density at radius 2 is 1.94 bits per heavy atom. The fourth-order valence-electron chi connectivity index (χ4n) is 2.65. The SMILES string of the molecule is CCNCC(C)C(=O)NC1CCN(C2CC2)CC1. The van der Waals surface area contributed by atoms with E-state index in [1.54, 1.807) is 0 Å². The first-order chi connectivity index (χ1) is 8.70. The molecule has 18 heavy (non-hydrogen) atoms. The molecule has 2 aliphatic rings. The van der Waals surface area contributed by atoms with Gasteiger partial charge in [0.25, 0.3) is 0 Å². The van der Waals surface area contributed by atoms with Crippen molar-refractivity contribution in [3.63, 3.8) is 0 Å². The maximum absolute atomic E-state index is 12.0. The van der Waals surface area contributed by atoms with E-state index in [1.165, 1.54) is 12.8 Å². The van der Waals surface area contributed by atoms with Gasteiger partial charge in [0.2, 0.25) is 5.91 Å². The second kappa shape index (κ2) is 6.53. The monoisotopic (exact) mass is 253 g/mol. The summed E-state index contributed by atoms with van der Waals surface area (Å²) >= 11 is 0. The summed E-state index contributed by atoms with van der Waals surface area (Å²) in [6.45, 7) is 8.10. The average molecular weight is 253 g/mol. The quantitative estimate of drug-likeness (QED) is 0.741. The zero-order chi connectivity index (χ0) is 13.0. The Hall–Kier alpha value is -0.610. The number of likely N-dealkylation sites (tertiary alicyclic amines) is 1. The highest BCUT2D eigenvalue weighted by Gasteiger charge is 2.32. The van der Waals surface area contributed by atoms with Crippen molar-refractivity contribution in [2.45, 2.75) is 51.6 Å².